The van der Waals surface area contributed by atoms with Gasteiger partial charge in [-0.2, -0.15) is 0 Å². The molecule has 1 atom stereocenters. The summed E-state index contributed by atoms with van der Waals surface area (Å²) in [7, 11) is 0. The van der Waals surface area contributed by atoms with E-state index in [0.717, 1.165) is 23.6 Å². The van der Waals surface area contributed by atoms with E-state index in [0.29, 0.717) is 12.6 Å². The van der Waals surface area contributed by atoms with Gasteiger partial charge in [-0.3, -0.25) is 0 Å². The van der Waals surface area contributed by atoms with Gasteiger partial charge in [0.2, 0.25) is 0 Å². The van der Waals surface area contributed by atoms with Gasteiger partial charge < -0.3 is 10.2 Å². The van der Waals surface area contributed by atoms with Gasteiger partial charge in [0, 0.05) is 18.0 Å². The topological polar surface area (TPSA) is 15.3 Å². The Morgan fingerprint density at radius 2 is 2.14 bits per heavy atom. The minimum atomic E-state index is -0.212. The third kappa shape index (κ3) is 3.09. The van der Waals surface area contributed by atoms with Crippen LogP contribution in [0.2, 0.25) is 0 Å². The lowest BCUT2D eigenvalue weighted by molar-refractivity contribution is 0.317. The Morgan fingerprint density at radius 3 is 2.90 bits per heavy atom. The highest BCUT2D eigenvalue weighted by molar-refractivity contribution is 7.80. The Balaban J connectivity index is 1.62. The zero-order chi connectivity index (χ0) is 14.8. The molecule has 2 nitrogen and oxygen atoms in total. The fraction of sp³-hybridized carbons (Fsp3) is 0.312. The van der Waals surface area contributed by atoms with E-state index < -0.39 is 0 Å². The summed E-state index contributed by atoms with van der Waals surface area (Å²) >= 11 is 7.35. The molecule has 0 saturated heterocycles. The van der Waals surface area contributed by atoms with Crippen LogP contribution in [0.1, 0.15) is 29.0 Å². The molecule has 2 aromatic rings. The smallest absolute Gasteiger partial charge is 0.169 e. The molecule has 1 aromatic carbocycles. The van der Waals surface area contributed by atoms with Gasteiger partial charge >= 0.3 is 0 Å². The third-order valence-corrected chi connectivity index (χ3v) is 5.27. The number of benzene rings is 1. The van der Waals surface area contributed by atoms with E-state index in [1.807, 2.05) is 11.3 Å². The highest BCUT2D eigenvalue weighted by Gasteiger charge is 2.26. The van der Waals surface area contributed by atoms with Crippen LogP contribution in [-0.4, -0.2) is 16.6 Å². The van der Waals surface area contributed by atoms with Crippen molar-refractivity contribution in [3.8, 4) is 0 Å². The first-order chi connectivity index (χ1) is 10.1. The van der Waals surface area contributed by atoms with Crippen LogP contribution < -0.4 is 5.32 Å². The van der Waals surface area contributed by atoms with Crippen LogP contribution in [0.25, 0.3) is 0 Å². The summed E-state index contributed by atoms with van der Waals surface area (Å²) in [6, 6.07) is 9.01. The fourth-order valence-electron chi connectivity index (χ4n) is 2.67. The van der Waals surface area contributed by atoms with Crippen LogP contribution in [0.4, 0.5) is 4.39 Å². The van der Waals surface area contributed by atoms with Crippen molar-refractivity contribution in [2.45, 2.75) is 25.9 Å². The van der Waals surface area contributed by atoms with E-state index in [1.54, 1.807) is 12.1 Å². The van der Waals surface area contributed by atoms with Gasteiger partial charge in [0.1, 0.15) is 5.82 Å². The zero-order valence-corrected chi connectivity index (χ0v) is 13.4. The Morgan fingerprint density at radius 1 is 1.38 bits per heavy atom. The van der Waals surface area contributed by atoms with Crippen molar-refractivity contribution in [2.75, 3.05) is 6.54 Å². The average molecular weight is 320 g/mol. The first-order valence-electron chi connectivity index (χ1n) is 7.00. The van der Waals surface area contributed by atoms with Gasteiger partial charge in [0.05, 0.1) is 6.04 Å². The lowest BCUT2D eigenvalue weighted by Gasteiger charge is -2.35. The molecule has 0 saturated carbocycles. The molecule has 1 N–H and O–H groups in total. The van der Waals surface area contributed by atoms with E-state index in [4.69, 9.17) is 12.2 Å². The van der Waals surface area contributed by atoms with Crippen LogP contribution in [-0.2, 0) is 13.0 Å². The predicted octanol–water partition coefficient (Wildman–Crippen LogP) is 3.88. The molecule has 2 heterocycles. The van der Waals surface area contributed by atoms with E-state index in [9.17, 15) is 4.39 Å². The Hall–Kier alpha value is -1.46. The lowest BCUT2D eigenvalue weighted by Crippen LogP contribution is -2.44. The number of thiophene rings is 1. The molecular formula is C16H17FN2S2. The van der Waals surface area contributed by atoms with Gasteiger partial charge in [-0.25, -0.2) is 4.39 Å². The van der Waals surface area contributed by atoms with Gasteiger partial charge in [0.25, 0.3) is 0 Å². The van der Waals surface area contributed by atoms with Gasteiger partial charge in [-0.15, -0.1) is 11.3 Å². The van der Waals surface area contributed by atoms with Crippen molar-refractivity contribution in [3.05, 3.63) is 57.5 Å². The quantitative estimate of drug-likeness (QED) is 0.845. The Bertz CT molecular complexity index is 636. The largest absolute Gasteiger partial charge is 0.358 e. The maximum Gasteiger partial charge on any atom is 0.169 e. The fourth-order valence-corrected chi connectivity index (χ4v) is 3.95. The highest BCUT2D eigenvalue weighted by atomic mass is 32.1. The SMILES string of the molecule is C[C@H]1c2ccsc2CCN1C(=S)NCc1ccc(F)cc1. The normalized spacial score (nSPS) is 17.4. The first-order valence-corrected chi connectivity index (χ1v) is 8.29. The van der Waals surface area contributed by atoms with Crippen molar-refractivity contribution < 1.29 is 4.39 Å². The third-order valence-electron chi connectivity index (χ3n) is 3.90. The maximum absolute atomic E-state index is 12.9. The number of thiocarbonyl (C=S) groups is 1. The zero-order valence-electron chi connectivity index (χ0n) is 11.8. The number of halogens is 1. The molecule has 0 unspecified atom stereocenters. The van der Waals surface area contributed by atoms with Crippen molar-refractivity contribution in [2.24, 2.45) is 0 Å². The molecule has 0 radical (unpaired) electrons. The summed E-state index contributed by atoms with van der Waals surface area (Å²) in [5.74, 6) is -0.212. The van der Waals surface area contributed by atoms with Crippen molar-refractivity contribution in [1.29, 1.82) is 0 Å². The van der Waals surface area contributed by atoms with Gasteiger partial charge in [-0.1, -0.05) is 12.1 Å². The summed E-state index contributed by atoms with van der Waals surface area (Å²) < 4.78 is 12.9. The number of hydrogen-bond donors (Lipinski definition) is 1. The van der Waals surface area contributed by atoms with Gasteiger partial charge in [0.15, 0.2) is 5.11 Å². The molecule has 0 aliphatic carbocycles. The van der Waals surface area contributed by atoms with E-state index in [1.165, 1.54) is 22.6 Å². The molecule has 21 heavy (non-hydrogen) atoms. The average Bonchev–Trinajstić information content (AvgIpc) is 2.96. The second kappa shape index (κ2) is 6.12. The summed E-state index contributed by atoms with van der Waals surface area (Å²) in [5.41, 5.74) is 2.41. The monoisotopic (exact) mass is 320 g/mol. The van der Waals surface area contributed by atoms with E-state index >= 15 is 0 Å². The van der Waals surface area contributed by atoms with E-state index in [2.05, 4.69) is 28.6 Å². The van der Waals surface area contributed by atoms with Crippen molar-refractivity contribution in [1.82, 2.24) is 10.2 Å². The summed E-state index contributed by atoms with van der Waals surface area (Å²) in [6.07, 6.45) is 1.05. The molecule has 110 valence electrons. The molecule has 0 fully saturated rings. The first kappa shape index (κ1) is 14.5. The van der Waals surface area contributed by atoms with Crippen LogP contribution in [0.15, 0.2) is 35.7 Å². The predicted molar refractivity (Wildman–Crippen MR) is 89.0 cm³/mol. The van der Waals surface area contributed by atoms with Crippen molar-refractivity contribution in [3.63, 3.8) is 0 Å². The number of nitrogens with zero attached hydrogens (tertiary/aromatic N) is 1. The van der Waals surface area contributed by atoms with Crippen LogP contribution in [0.5, 0.6) is 0 Å². The highest BCUT2D eigenvalue weighted by Crippen LogP contribution is 2.32. The number of nitrogens with one attached hydrogen (secondary N) is 1. The van der Waals surface area contributed by atoms with E-state index in [-0.39, 0.29) is 5.82 Å². The van der Waals surface area contributed by atoms with Crippen LogP contribution in [0, 0.1) is 5.82 Å². The second-order valence-electron chi connectivity index (χ2n) is 5.20. The second-order valence-corrected chi connectivity index (χ2v) is 6.59. The lowest BCUT2D eigenvalue weighted by atomic mass is 10.0. The molecule has 1 aromatic heterocycles. The Labute approximate surface area is 133 Å². The molecule has 3 rings (SSSR count). The standard InChI is InChI=1S/C16H17FN2S2/c1-11-14-7-9-21-15(14)6-8-19(11)16(20)18-10-12-2-4-13(17)5-3-12/h2-5,7,9,11H,6,8,10H2,1H3,(H,18,20)/t11-/m0/s1. The number of hydrogen-bond acceptors (Lipinski definition) is 2. The molecule has 5 heteroatoms. The summed E-state index contributed by atoms with van der Waals surface area (Å²) in [6.45, 7) is 3.76. The molecule has 1 aliphatic heterocycles. The molecule has 0 amide bonds. The van der Waals surface area contributed by atoms with Crippen molar-refractivity contribution >= 4 is 28.7 Å². The number of rotatable bonds is 2. The van der Waals surface area contributed by atoms with Crippen LogP contribution >= 0.6 is 23.6 Å². The maximum atomic E-state index is 12.9. The van der Waals surface area contributed by atoms with Crippen LogP contribution in [0.3, 0.4) is 0 Å². The summed E-state index contributed by atoms with van der Waals surface area (Å²) in [5, 5.41) is 6.20. The molecule has 0 bridgehead atoms. The Kier molecular flexibility index (Phi) is 4.22. The number of fused-ring (bicyclic) bond motifs is 1. The molecular weight excluding hydrogens is 303 g/mol. The summed E-state index contributed by atoms with van der Waals surface area (Å²) in [4.78, 5) is 3.70. The van der Waals surface area contributed by atoms with Gasteiger partial charge in [-0.05, 0) is 60.3 Å². The minimum Gasteiger partial charge on any atom is -0.358 e. The molecule has 0 spiro atoms. The minimum absolute atomic E-state index is 0.212. The molecule has 1 aliphatic rings.